The van der Waals surface area contributed by atoms with Crippen molar-refractivity contribution >= 4 is 82.5 Å². The lowest BCUT2D eigenvalue weighted by Gasteiger charge is -2.46. The van der Waals surface area contributed by atoms with Crippen molar-refractivity contribution < 1.29 is 19.1 Å². The van der Waals surface area contributed by atoms with E-state index in [-0.39, 0.29) is 11.9 Å². The van der Waals surface area contributed by atoms with E-state index < -0.39 is 0 Å². The SMILES string of the molecule is C=CC(=O)OCCCCC1(C(SC)C2CCC(C(SC)C3(CCCCOC(=O)C=C)SCCS3)CC2)SCCS1. The lowest BCUT2D eigenvalue weighted by molar-refractivity contribution is -0.138. The van der Waals surface area contributed by atoms with Crippen LogP contribution >= 0.6 is 70.6 Å². The molecule has 4 nitrogen and oxygen atoms in total. The molecule has 3 aliphatic rings. The van der Waals surface area contributed by atoms with Gasteiger partial charge in [-0.25, -0.2) is 9.59 Å². The molecular weight excluding hydrogens is 617 g/mol. The van der Waals surface area contributed by atoms with Crippen LogP contribution in [0.25, 0.3) is 0 Å². The summed E-state index contributed by atoms with van der Waals surface area (Å²) < 4.78 is 11.1. The quantitative estimate of drug-likeness (QED) is 0.0811. The standard InChI is InChI=1S/C30H48O4S6/c1-5-25(31)33-17-9-7-15-29(37-19-20-38-29)27(35-3)23-11-13-24(14-12-23)28(36-4)30(39-21-22-40-30)16-8-10-18-34-26(32)6-2/h5-6,23-24,27-28H,1-2,7-22H2,3-4H3. The molecule has 2 atom stereocenters. The highest BCUT2D eigenvalue weighted by Crippen LogP contribution is 2.59. The third-order valence-electron chi connectivity index (χ3n) is 8.26. The van der Waals surface area contributed by atoms with Crippen LogP contribution in [0, 0.1) is 11.8 Å². The Balaban J connectivity index is 1.55. The second-order valence-electron chi connectivity index (χ2n) is 10.7. The molecule has 0 radical (unpaired) electrons. The van der Waals surface area contributed by atoms with Gasteiger partial charge in [-0.3, -0.25) is 0 Å². The van der Waals surface area contributed by atoms with Crippen molar-refractivity contribution in [3.8, 4) is 0 Å². The molecule has 3 rings (SSSR count). The van der Waals surface area contributed by atoms with Crippen LogP contribution in [-0.4, -0.2) is 79.3 Å². The third kappa shape index (κ3) is 9.76. The molecule has 3 fully saturated rings. The highest BCUT2D eigenvalue weighted by atomic mass is 32.2. The highest BCUT2D eigenvalue weighted by molar-refractivity contribution is 8.22. The molecule has 10 heteroatoms. The van der Waals surface area contributed by atoms with Crippen molar-refractivity contribution in [2.75, 3.05) is 48.7 Å². The molecule has 0 bridgehead atoms. The Kier molecular flexibility index (Phi) is 16.1. The number of rotatable bonds is 18. The number of carbonyl (C=O) groups is 2. The van der Waals surface area contributed by atoms with Gasteiger partial charge in [-0.2, -0.15) is 23.5 Å². The van der Waals surface area contributed by atoms with Crippen molar-refractivity contribution in [1.82, 2.24) is 0 Å². The molecule has 0 spiro atoms. The fourth-order valence-electron chi connectivity index (χ4n) is 6.47. The number of esters is 2. The first-order chi connectivity index (χ1) is 19.4. The Bertz CT molecular complexity index is 738. The van der Waals surface area contributed by atoms with E-state index >= 15 is 0 Å². The van der Waals surface area contributed by atoms with Crippen LogP contribution in [0.2, 0.25) is 0 Å². The highest BCUT2D eigenvalue weighted by Gasteiger charge is 2.49. The van der Waals surface area contributed by atoms with Gasteiger partial charge in [0.25, 0.3) is 0 Å². The summed E-state index contributed by atoms with van der Waals surface area (Å²) in [5, 5.41) is 1.36. The zero-order valence-electron chi connectivity index (χ0n) is 24.3. The fraction of sp³-hybridized carbons (Fsp3) is 0.800. The number of hydrogen-bond acceptors (Lipinski definition) is 10. The van der Waals surface area contributed by atoms with Crippen LogP contribution in [0.5, 0.6) is 0 Å². The van der Waals surface area contributed by atoms with Gasteiger partial charge in [0.1, 0.15) is 0 Å². The van der Waals surface area contributed by atoms with Crippen molar-refractivity contribution in [1.29, 1.82) is 0 Å². The summed E-state index contributed by atoms with van der Waals surface area (Å²) in [5.74, 6) is 5.94. The first-order valence-electron chi connectivity index (χ1n) is 14.6. The monoisotopic (exact) mass is 664 g/mol. The van der Waals surface area contributed by atoms with E-state index in [0.29, 0.717) is 31.9 Å². The summed E-state index contributed by atoms with van der Waals surface area (Å²) in [7, 11) is 0. The van der Waals surface area contributed by atoms with Gasteiger partial charge < -0.3 is 9.47 Å². The second kappa shape index (κ2) is 18.4. The Morgan fingerprint density at radius 1 is 0.725 bits per heavy atom. The van der Waals surface area contributed by atoms with E-state index in [9.17, 15) is 9.59 Å². The molecule has 1 saturated carbocycles. The van der Waals surface area contributed by atoms with Gasteiger partial charge in [-0.05, 0) is 88.6 Å². The Morgan fingerprint density at radius 2 is 1.07 bits per heavy atom. The van der Waals surface area contributed by atoms with Gasteiger partial charge in [-0.1, -0.05) is 13.2 Å². The van der Waals surface area contributed by atoms with E-state index in [0.717, 1.165) is 37.5 Å². The summed E-state index contributed by atoms with van der Waals surface area (Å²) in [4.78, 5) is 22.8. The smallest absolute Gasteiger partial charge is 0.330 e. The molecule has 2 heterocycles. The molecule has 0 aromatic heterocycles. The zero-order valence-corrected chi connectivity index (χ0v) is 29.2. The van der Waals surface area contributed by atoms with Gasteiger partial charge in [0.2, 0.25) is 0 Å². The molecule has 2 saturated heterocycles. The minimum Gasteiger partial charge on any atom is -0.463 e. The van der Waals surface area contributed by atoms with Crippen LogP contribution in [0.1, 0.15) is 64.2 Å². The topological polar surface area (TPSA) is 52.6 Å². The van der Waals surface area contributed by atoms with Crippen molar-refractivity contribution in [2.45, 2.75) is 82.9 Å². The molecule has 2 unspecified atom stereocenters. The Morgan fingerprint density at radius 3 is 1.38 bits per heavy atom. The molecular formula is C30H48O4S6. The predicted octanol–water partition coefficient (Wildman–Crippen LogP) is 8.41. The molecule has 2 aliphatic heterocycles. The van der Waals surface area contributed by atoms with Gasteiger partial charge in [0.05, 0.1) is 21.4 Å². The molecule has 0 N–H and O–H groups in total. The molecule has 0 aromatic rings. The number of thioether (sulfide) groups is 6. The largest absolute Gasteiger partial charge is 0.463 e. The molecule has 1 aliphatic carbocycles. The summed E-state index contributed by atoms with van der Waals surface area (Å²) in [5.41, 5.74) is 0. The van der Waals surface area contributed by atoms with Crippen molar-refractivity contribution in [3.63, 3.8) is 0 Å². The van der Waals surface area contributed by atoms with Crippen LogP contribution < -0.4 is 0 Å². The van der Waals surface area contributed by atoms with E-state index in [1.165, 1.54) is 73.7 Å². The molecule has 0 amide bonds. The third-order valence-corrected chi connectivity index (χ3v) is 18.8. The Hall–Kier alpha value is 0.520. The van der Waals surface area contributed by atoms with Gasteiger partial charge in [0, 0.05) is 45.7 Å². The first-order valence-corrected chi connectivity index (χ1v) is 21.1. The molecule has 228 valence electrons. The zero-order chi connectivity index (χ0) is 28.8. The minimum atomic E-state index is -0.313. The van der Waals surface area contributed by atoms with Gasteiger partial charge in [0.15, 0.2) is 0 Å². The summed E-state index contributed by atoms with van der Waals surface area (Å²) in [6, 6.07) is 0. The predicted molar refractivity (Wildman–Crippen MR) is 185 cm³/mol. The number of ether oxygens (including phenoxy) is 2. The van der Waals surface area contributed by atoms with E-state index in [2.05, 4.69) is 96.2 Å². The average Bonchev–Trinajstić information content (AvgIpc) is 3.65. The maximum Gasteiger partial charge on any atom is 0.330 e. The maximum atomic E-state index is 11.4. The first kappa shape index (κ1) is 35.0. The van der Waals surface area contributed by atoms with Gasteiger partial charge in [-0.15, -0.1) is 47.0 Å². The number of carbonyl (C=O) groups excluding carboxylic acids is 2. The van der Waals surface area contributed by atoms with Crippen LogP contribution in [0.4, 0.5) is 0 Å². The van der Waals surface area contributed by atoms with Crippen molar-refractivity contribution in [3.05, 3.63) is 25.3 Å². The van der Waals surface area contributed by atoms with Crippen LogP contribution in [0.3, 0.4) is 0 Å². The van der Waals surface area contributed by atoms with E-state index in [4.69, 9.17) is 9.47 Å². The average molecular weight is 665 g/mol. The normalized spacial score (nSPS) is 25.1. The van der Waals surface area contributed by atoms with E-state index in [1.54, 1.807) is 0 Å². The van der Waals surface area contributed by atoms with Crippen LogP contribution in [0.15, 0.2) is 25.3 Å². The summed E-state index contributed by atoms with van der Waals surface area (Å²) in [6.45, 7) is 7.98. The molecule has 0 aromatic carbocycles. The van der Waals surface area contributed by atoms with Crippen molar-refractivity contribution in [2.24, 2.45) is 11.8 Å². The number of unbranched alkanes of at least 4 members (excludes halogenated alkanes) is 2. The summed E-state index contributed by atoms with van der Waals surface area (Å²) in [6.07, 6.45) is 19.0. The fourth-order valence-corrected chi connectivity index (χ4v) is 17.7. The lowest BCUT2D eigenvalue weighted by Crippen LogP contribution is -2.43. The summed E-state index contributed by atoms with van der Waals surface area (Å²) >= 11 is 13.0. The maximum absolute atomic E-state index is 11.4. The van der Waals surface area contributed by atoms with E-state index in [1.807, 2.05) is 0 Å². The minimum absolute atomic E-state index is 0.297. The molecule has 40 heavy (non-hydrogen) atoms. The second-order valence-corrected chi connectivity index (χ2v) is 18.8. The van der Waals surface area contributed by atoms with Crippen LogP contribution in [-0.2, 0) is 19.1 Å². The number of hydrogen-bond donors (Lipinski definition) is 0. The lowest BCUT2D eigenvalue weighted by atomic mass is 9.77. The van der Waals surface area contributed by atoms with Gasteiger partial charge >= 0.3 is 11.9 Å². The Labute approximate surface area is 268 Å².